The maximum Gasteiger partial charge on any atom is 0.209 e. The molecule has 0 atom stereocenters. The third-order valence-corrected chi connectivity index (χ3v) is 6.16. The Bertz CT molecular complexity index is 955. The van der Waals surface area contributed by atoms with Crippen molar-refractivity contribution < 1.29 is 9.47 Å². The van der Waals surface area contributed by atoms with Crippen molar-refractivity contribution in [3.8, 4) is 11.5 Å². The molecular formula is C20H23BrClN5O2S. The molecule has 1 aromatic heterocycles. The normalized spacial score (nSPS) is 10.9. The molecule has 30 heavy (non-hydrogen) atoms. The third kappa shape index (κ3) is 6.60. The molecule has 0 unspecified atom stereocenters. The molecule has 0 spiro atoms. The second-order valence-corrected chi connectivity index (χ2v) is 8.84. The first-order chi connectivity index (χ1) is 14.6. The van der Waals surface area contributed by atoms with Crippen molar-refractivity contribution >= 4 is 39.3 Å². The van der Waals surface area contributed by atoms with Crippen molar-refractivity contribution in [2.75, 3.05) is 19.4 Å². The lowest BCUT2D eigenvalue weighted by Gasteiger charge is -2.15. The van der Waals surface area contributed by atoms with Gasteiger partial charge in [-0.15, -0.1) is 5.10 Å². The molecule has 0 bridgehead atoms. The molecule has 1 heterocycles. The summed E-state index contributed by atoms with van der Waals surface area (Å²) in [6.45, 7) is 2.07. The van der Waals surface area contributed by atoms with E-state index in [4.69, 9.17) is 21.1 Å². The first-order valence-electron chi connectivity index (χ1n) is 9.36. The van der Waals surface area contributed by atoms with Crippen LogP contribution in [0, 0.1) is 0 Å². The summed E-state index contributed by atoms with van der Waals surface area (Å²) in [5.74, 6) is 2.33. The summed E-state index contributed by atoms with van der Waals surface area (Å²) in [7, 11) is 3.49. The minimum Gasteiger partial charge on any atom is -0.493 e. The highest BCUT2D eigenvalue weighted by molar-refractivity contribution is 9.10. The smallest absolute Gasteiger partial charge is 0.209 e. The molecule has 7 nitrogen and oxygen atoms in total. The Kier molecular flexibility index (Phi) is 8.80. The van der Waals surface area contributed by atoms with E-state index in [1.807, 2.05) is 43.4 Å². The molecule has 3 rings (SSSR count). The van der Waals surface area contributed by atoms with Crippen molar-refractivity contribution in [1.29, 1.82) is 0 Å². The Morgan fingerprint density at radius 3 is 2.70 bits per heavy atom. The highest BCUT2D eigenvalue weighted by Gasteiger charge is 2.12. The van der Waals surface area contributed by atoms with Crippen LogP contribution in [-0.4, -0.2) is 39.6 Å². The zero-order valence-corrected chi connectivity index (χ0v) is 19.9. The summed E-state index contributed by atoms with van der Waals surface area (Å²) in [5.41, 5.74) is 2.15. The number of nitrogens with zero attached hydrogens (tertiary/aromatic N) is 4. The van der Waals surface area contributed by atoms with Crippen molar-refractivity contribution in [3.63, 3.8) is 0 Å². The second kappa shape index (κ2) is 11.5. The molecule has 1 N–H and O–H groups in total. The maximum atomic E-state index is 5.99. The molecule has 160 valence electrons. The number of rotatable bonds is 11. The fraction of sp³-hybridized carbons (Fsp3) is 0.350. The van der Waals surface area contributed by atoms with E-state index in [0.717, 1.165) is 46.0 Å². The second-order valence-electron chi connectivity index (χ2n) is 6.49. The van der Waals surface area contributed by atoms with Gasteiger partial charge in [0.2, 0.25) is 5.16 Å². The summed E-state index contributed by atoms with van der Waals surface area (Å²) in [4.78, 5) is 0. The molecule has 0 saturated heterocycles. The summed E-state index contributed by atoms with van der Waals surface area (Å²) < 4.78 is 14.1. The summed E-state index contributed by atoms with van der Waals surface area (Å²) in [6, 6.07) is 11.6. The molecule has 10 heteroatoms. The number of methoxy groups -OCH3 is 1. The first kappa shape index (κ1) is 22.9. The number of hydrogen-bond donors (Lipinski definition) is 1. The van der Waals surface area contributed by atoms with Gasteiger partial charge in [-0.05, 0) is 74.7 Å². The fourth-order valence-corrected chi connectivity index (χ4v) is 4.21. The number of thioether (sulfide) groups is 1. The monoisotopic (exact) mass is 511 g/mol. The molecule has 0 aliphatic rings. The predicted molar refractivity (Wildman–Crippen MR) is 122 cm³/mol. The topological polar surface area (TPSA) is 74.1 Å². The summed E-state index contributed by atoms with van der Waals surface area (Å²) >= 11 is 11.2. The number of ether oxygens (including phenoxy) is 2. The number of aryl methyl sites for hydroxylation is 1. The number of aromatic nitrogens is 4. The Morgan fingerprint density at radius 2 is 2.00 bits per heavy atom. The van der Waals surface area contributed by atoms with Crippen LogP contribution in [0.1, 0.15) is 17.5 Å². The number of nitrogens with one attached hydrogen (secondary N) is 1. The molecule has 0 fully saturated rings. The zero-order valence-electron chi connectivity index (χ0n) is 16.8. The molecule has 0 radical (unpaired) electrons. The van der Waals surface area contributed by atoms with E-state index < -0.39 is 0 Å². The highest BCUT2D eigenvalue weighted by atomic mass is 79.9. The lowest BCUT2D eigenvalue weighted by molar-refractivity contribution is 0.282. The number of halogens is 2. The number of hydrogen-bond acceptors (Lipinski definition) is 7. The van der Waals surface area contributed by atoms with Gasteiger partial charge in [0.05, 0.1) is 11.6 Å². The van der Waals surface area contributed by atoms with Gasteiger partial charge in [-0.2, -0.15) is 0 Å². The van der Waals surface area contributed by atoms with Crippen molar-refractivity contribution in [2.45, 2.75) is 24.7 Å². The third-order valence-electron chi connectivity index (χ3n) is 4.23. The lowest BCUT2D eigenvalue weighted by Crippen LogP contribution is -2.15. The molecule has 0 aliphatic heterocycles. The minimum atomic E-state index is 0.433. The molecule has 2 aromatic carbocycles. The number of benzene rings is 2. The van der Waals surface area contributed by atoms with Gasteiger partial charge in [-0.1, -0.05) is 35.5 Å². The Hall–Kier alpha value is -1.81. The number of tetrazole rings is 1. The Balaban J connectivity index is 1.48. The van der Waals surface area contributed by atoms with Crippen LogP contribution in [0.25, 0.3) is 0 Å². The van der Waals surface area contributed by atoms with E-state index in [1.54, 1.807) is 23.6 Å². The van der Waals surface area contributed by atoms with Crippen LogP contribution in [0.15, 0.2) is 46.0 Å². The Morgan fingerprint density at radius 1 is 1.20 bits per heavy atom. The predicted octanol–water partition coefficient (Wildman–Crippen LogP) is 4.49. The zero-order chi connectivity index (χ0) is 21.3. The molecular weight excluding hydrogens is 490 g/mol. The van der Waals surface area contributed by atoms with E-state index in [2.05, 4.69) is 36.8 Å². The minimum absolute atomic E-state index is 0.433. The van der Waals surface area contributed by atoms with E-state index >= 15 is 0 Å². The van der Waals surface area contributed by atoms with Gasteiger partial charge in [-0.3, -0.25) is 0 Å². The van der Waals surface area contributed by atoms with Crippen molar-refractivity contribution in [3.05, 3.63) is 57.0 Å². The van der Waals surface area contributed by atoms with Gasteiger partial charge in [0.1, 0.15) is 6.61 Å². The SMILES string of the molecule is COc1cc(CNCCCSc2nnnn2C)cc(Br)c1OCc1ccc(Cl)cc1. The highest BCUT2D eigenvalue weighted by Crippen LogP contribution is 2.37. The average Bonchev–Trinajstić information content (AvgIpc) is 3.15. The van der Waals surface area contributed by atoms with Gasteiger partial charge < -0.3 is 14.8 Å². The summed E-state index contributed by atoms with van der Waals surface area (Å²) in [6.07, 6.45) is 1.01. The van der Waals surface area contributed by atoms with Gasteiger partial charge in [0.15, 0.2) is 11.5 Å². The van der Waals surface area contributed by atoms with Crippen LogP contribution < -0.4 is 14.8 Å². The van der Waals surface area contributed by atoms with Crippen LogP contribution in [0.2, 0.25) is 5.02 Å². The lowest BCUT2D eigenvalue weighted by atomic mass is 10.2. The quantitative estimate of drug-likeness (QED) is 0.300. The van der Waals surface area contributed by atoms with Crippen LogP contribution >= 0.6 is 39.3 Å². The largest absolute Gasteiger partial charge is 0.493 e. The van der Waals surface area contributed by atoms with Crippen LogP contribution in [0.4, 0.5) is 0 Å². The fourth-order valence-electron chi connectivity index (χ4n) is 2.69. The van der Waals surface area contributed by atoms with Crippen molar-refractivity contribution in [1.82, 2.24) is 25.5 Å². The van der Waals surface area contributed by atoms with Gasteiger partial charge in [0, 0.05) is 24.4 Å². The maximum absolute atomic E-state index is 5.99. The molecule has 3 aromatic rings. The van der Waals surface area contributed by atoms with E-state index in [1.165, 1.54) is 0 Å². The summed E-state index contributed by atoms with van der Waals surface area (Å²) in [5, 5.41) is 16.4. The van der Waals surface area contributed by atoms with E-state index in [9.17, 15) is 0 Å². The molecule has 0 amide bonds. The van der Waals surface area contributed by atoms with E-state index in [0.29, 0.717) is 23.1 Å². The standard InChI is InChI=1S/C20H23BrClN5O2S/c1-27-20(24-25-26-27)30-9-3-8-23-12-15-10-17(21)19(18(11-15)28-2)29-13-14-4-6-16(22)7-5-14/h4-7,10-11,23H,3,8-9,12-13H2,1-2H3. The van der Waals surface area contributed by atoms with Gasteiger partial charge >= 0.3 is 0 Å². The van der Waals surface area contributed by atoms with Crippen LogP contribution in [-0.2, 0) is 20.2 Å². The van der Waals surface area contributed by atoms with E-state index in [-0.39, 0.29) is 0 Å². The van der Waals surface area contributed by atoms with Gasteiger partial charge in [-0.25, -0.2) is 4.68 Å². The molecule has 0 aliphatic carbocycles. The Labute approximate surface area is 193 Å². The average molecular weight is 513 g/mol. The van der Waals surface area contributed by atoms with Crippen molar-refractivity contribution in [2.24, 2.45) is 7.05 Å². The van der Waals surface area contributed by atoms with Crippen LogP contribution in [0.3, 0.4) is 0 Å². The van der Waals surface area contributed by atoms with Crippen LogP contribution in [0.5, 0.6) is 11.5 Å². The van der Waals surface area contributed by atoms with Gasteiger partial charge in [0.25, 0.3) is 0 Å². The molecule has 0 saturated carbocycles. The first-order valence-corrected chi connectivity index (χ1v) is 11.5.